The average Bonchev–Trinajstić information content (AvgIpc) is 2.95. The second-order valence-corrected chi connectivity index (χ2v) is 9.07. The van der Waals surface area contributed by atoms with Gasteiger partial charge in [0.05, 0.1) is 45.9 Å². The van der Waals surface area contributed by atoms with E-state index in [0.29, 0.717) is 6.54 Å². The molecule has 16 nitrogen and oxygen atoms in total. The van der Waals surface area contributed by atoms with Crippen LogP contribution in [0.15, 0.2) is 12.1 Å². The smallest absolute Gasteiger partial charge is 0.336 e. The molecule has 0 heterocycles. The fraction of sp³-hybridized carbons (Fsp3) is 0.462. The first-order chi connectivity index (χ1) is 19.7. The minimum atomic E-state index is -1.43. The molecule has 1 aliphatic rings. The summed E-state index contributed by atoms with van der Waals surface area (Å²) in [5.41, 5.74) is -1.52. The van der Waals surface area contributed by atoms with Gasteiger partial charge in [0.2, 0.25) is 11.8 Å². The van der Waals surface area contributed by atoms with Crippen LogP contribution in [0.4, 0.5) is 0 Å². The number of hydrogen-bond donors (Lipinski definition) is 8. The predicted octanol–water partition coefficient (Wildman–Crippen LogP) is -0.511. The van der Waals surface area contributed by atoms with E-state index in [0.717, 1.165) is 12.1 Å². The zero-order valence-corrected chi connectivity index (χ0v) is 23.3. The number of benzene rings is 1. The summed E-state index contributed by atoms with van der Waals surface area (Å²) < 4.78 is 0. The minimum Gasteiger partial charge on any atom is -0.481 e. The first kappa shape index (κ1) is 35.0. The van der Waals surface area contributed by atoms with Crippen LogP contribution in [0.1, 0.15) is 68.1 Å². The molecule has 1 saturated carbocycles. The van der Waals surface area contributed by atoms with Crippen molar-refractivity contribution in [1.82, 2.24) is 21.3 Å². The van der Waals surface area contributed by atoms with E-state index in [9.17, 15) is 48.6 Å². The van der Waals surface area contributed by atoms with Crippen molar-refractivity contribution in [3.05, 3.63) is 34.4 Å². The van der Waals surface area contributed by atoms with Crippen molar-refractivity contribution in [3.63, 3.8) is 0 Å². The van der Waals surface area contributed by atoms with Crippen LogP contribution in [0.5, 0.6) is 0 Å². The highest BCUT2D eigenvalue weighted by Gasteiger charge is 2.48. The SMILES string of the molecule is CCNC(=O)C1CC(C(=O)O)C(C(=O)NC)CC1C(=O)O.CCNC(=O)c1cc(C(=O)O)c(C(=O)NC)cc1C(=O)O. The molecule has 0 spiro atoms. The number of rotatable bonds is 10. The van der Waals surface area contributed by atoms with Gasteiger partial charge in [-0.1, -0.05) is 0 Å². The first-order valence-electron chi connectivity index (χ1n) is 12.8. The van der Waals surface area contributed by atoms with Gasteiger partial charge in [-0.05, 0) is 38.8 Å². The van der Waals surface area contributed by atoms with Crippen LogP contribution in [0, 0.1) is 23.7 Å². The summed E-state index contributed by atoms with van der Waals surface area (Å²) in [7, 11) is 2.65. The standard InChI is InChI=1S/C13H20N2O6.C13H14N2O6/c2*1-3-15-11(17)7-5-8(12(18)19)6(10(16)14-2)4-9(7)13(20)21/h6-9H,3-5H2,1-2H3,(H,14,16)(H,15,17)(H,18,19)(H,20,21);4-5H,3H2,1-2H3,(H,14,16)(H,15,17)(H,18,19)(H,20,21). The second-order valence-electron chi connectivity index (χ2n) is 9.07. The maximum Gasteiger partial charge on any atom is 0.336 e. The molecule has 230 valence electrons. The Hall–Kier alpha value is -5.02. The number of carbonyl (C=O) groups excluding carboxylic acids is 4. The number of amides is 4. The zero-order valence-electron chi connectivity index (χ0n) is 23.3. The minimum absolute atomic E-state index is 0.157. The number of aromatic carboxylic acids is 2. The lowest BCUT2D eigenvalue weighted by atomic mass is 9.67. The molecule has 4 unspecified atom stereocenters. The molecule has 1 aromatic carbocycles. The van der Waals surface area contributed by atoms with Crippen molar-refractivity contribution in [1.29, 1.82) is 0 Å². The molecule has 16 heteroatoms. The van der Waals surface area contributed by atoms with Gasteiger partial charge in [0, 0.05) is 27.2 Å². The molecule has 2 rings (SSSR count). The van der Waals surface area contributed by atoms with Gasteiger partial charge in [0.25, 0.3) is 11.8 Å². The van der Waals surface area contributed by atoms with Gasteiger partial charge in [-0.15, -0.1) is 0 Å². The lowest BCUT2D eigenvalue weighted by molar-refractivity contribution is -0.159. The summed E-state index contributed by atoms with van der Waals surface area (Å²) in [5.74, 6) is -11.7. The van der Waals surface area contributed by atoms with Gasteiger partial charge in [-0.3, -0.25) is 28.8 Å². The third kappa shape index (κ3) is 8.49. The first-order valence-corrected chi connectivity index (χ1v) is 12.8. The van der Waals surface area contributed by atoms with Crippen molar-refractivity contribution in [2.75, 3.05) is 27.2 Å². The monoisotopic (exact) mass is 594 g/mol. The third-order valence-electron chi connectivity index (χ3n) is 6.56. The molecule has 1 aliphatic carbocycles. The number of carboxylic acid groups (broad SMARTS) is 4. The van der Waals surface area contributed by atoms with E-state index >= 15 is 0 Å². The molecule has 4 atom stereocenters. The molecule has 8 N–H and O–H groups in total. The molecule has 4 amide bonds. The Balaban J connectivity index is 0.000000420. The van der Waals surface area contributed by atoms with Crippen LogP contribution in [-0.4, -0.2) is 95.1 Å². The number of aliphatic carboxylic acids is 2. The van der Waals surface area contributed by atoms with Gasteiger partial charge in [0.1, 0.15) is 0 Å². The van der Waals surface area contributed by atoms with Crippen molar-refractivity contribution in [3.8, 4) is 0 Å². The highest BCUT2D eigenvalue weighted by Crippen LogP contribution is 2.39. The molecule has 1 aromatic rings. The van der Waals surface area contributed by atoms with E-state index in [1.807, 2.05) is 0 Å². The lowest BCUT2D eigenvalue weighted by Gasteiger charge is -2.36. The molecule has 0 bridgehead atoms. The topological polar surface area (TPSA) is 266 Å². The molecule has 0 aliphatic heterocycles. The van der Waals surface area contributed by atoms with Gasteiger partial charge in [-0.2, -0.15) is 0 Å². The largest absolute Gasteiger partial charge is 0.481 e. The molecule has 1 fully saturated rings. The number of carboxylic acids is 4. The van der Waals surface area contributed by atoms with Crippen LogP contribution in [0.2, 0.25) is 0 Å². The average molecular weight is 595 g/mol. The Morgan fingerprint density at radius 2 is 1.00 bits per heavy atom. The Labute approximate surface area is 239 Å². The van der Waals surface area contributed by atoms with Gasteiger partial charge in [0.15, 0.2) is 0 Å². The van der Waals surface area contributed by atoms with Crippen LogP contribution >= 0.6 is 0 Å². The molecular formula is C26H34N4O12. The highest BCUT2D eigenvalue weighted by molar-refractivity contribution is 6.11. The maximum absolute atomic E-state index is 12.0. The Bertz CT molecular complexity index is 1260. The summed E-state index contributed by atoms with van der Waals surface area (Å²) in [6, 6.07) is 1.77. The van der Waals surface area contributed by atoms with E-state index in [2.05, 4.69) is 21.3 Å². The van der Waals surface area contributed by atoms with E-state index in [-0.39, 0.29) is 30.5 Å². The molecular weight excluding hydrogens is 560 g/mol. The molecule has 42 heavy (non-hydrogen) atoms. The summed E-state index contributed by atoms with van der Waals surface area (Å²) >= 11 is 0. The second kappa shape index (κ2) is 15.7. The molecule has 0 saturated heterocycles. The van der Waals surface area contributed by atoms with E-state index in [1.165, 1.54) is 14.1 Å². The number of hydrogen-bond acceptors (Lipinski definition) is 8. The Kier molecular flexibility index (Phi) is 13.1. The third-order valence-corrected chi connectivity index (χ3v) is 6.56. The lowest BCUT2D eigenvalue weighted by Crippen LogP contribution is -2.49. The normalized spacial score (nSPS) is 19.1. The fourth-order valence-corrected chi connectivity index (χ4v) is 4.54. The van der Waals surface area contributed by atoms with Crippen molar-refractivity contribution >= 4 is 47.5 Å². The number of carbonyl (C=O) groups is 8. The van der Waals surface area contributed by atoms with Crippen LogP contribution < -0.4 is 21.3 Å². The Morgan fingerprint density at radius 1 is 0.595 bits per heavy atom. The van der Waals surface area contributed by atoms with Crippen molar-refractivity contribution in [2.24, 2.45) is 23.7 Å². The highest BCUT2D eigenvalue weighted by atomic mass is 16.4. The van der Waals surface area contributed by atoms with E-state index in [4.69, 9.17) is 10.2 Å². The van der Waals surface area contributed by atoms with E-state index < -0.39 is 82.3 Å². The van der Waals surface area contributed by atoms with Crippen LogP contribution in [-0.2, 0) is 19.2 Å². The maximum atomic E-state index is 12.0. The fourth-order valence-electron chi connectivity index (χ4n) is 4.54. The zero-order chi connectivity index (χ0) is 32.3. The van der Waals surface area contributed by atoms with Crippen molar-refractivity contribution in [2.45, 2.75) is 26.7 Å². The van der Waals surface area contributed by atoms with Crippen LogP contribution in [0.25, 0.3) is 0 Å². The number of nitrogens with one attached hydrogen (secondary N) is 4. The van der Waals surface area contributed by atoms with Gasteiger partial charge in [-0.25, -0.2) is 9.59 Å². The summed E-state index contributed by atoms with van der Waals surface area (Å²) in [6.07, 6.45) is -0.315. The summed E-state index contributed by atoms with van der Waals surface area (Å²) in [6.45, 7) is 3.91. The summed E-state index contributed by atoms with van der Waals surface area (Å²) in [5, 5.41) is 46.2. The predicted molar refractivity (Wildman–Crippen MR) is 143 cm³/mol. The summed E-state index contributed by atoms with van der Waals surface area (Å²) in [4.78, 5) is 92.3. The van der Waals surface area contributed by atoms with Crippen LogP contribution in [0.3, 0.4) is 0 Å². The van der Waals surface area contributed by atoms with E-state index in [1.54, 1.807) is 13.8 Å². The van der Waals surface area contributed by atoms with Crippen molar-refractivity contribution < 1.29 is 58.8 Å². The quantitative estimate of drug-likeness (QED) is 0.170. The van der Waals surface area contributed by atoms with Gasteiger partial charge < -0.3 is 41.7 Å². The van der Waals surface area contributed by atoms with Gasteiger partial charge >= 0.3 is 23.9 Å². The molecule has 0 aromatic heterocycles. The molecule has 0 radical (unpaired) electrons. The Morgan fingerprint density at radius 3 is 1.33 bits per heavy atom.